The molecule has 0 spiro atoms. The average molecular weight is 316 g/mol. The Morgan fingerprint density at radius 3 is 2.86 bits per heavy atom. The Morgan fingerprint density at radius 2 is 2.09 bits per heavy atom. The van der Waals surface area contributed by atoms with Gasteiger partial charge in [0.2, 0.25) is 0 Å². The second-order valence-electron chi connectivity index (χ2n) is 4.63. The Labute approximate surface area is 131 Å². The highest BCUT2D eigenvalue weighted by molar-refractivity contribution is 7.13. The Balaban J connectivity index is 1.97. The van der Waals surface area contributed by atoms with Crippen molar-refractivity contribution in [2.45, 2.75) is 6.92 Å². The second-order valence-corrected chi connectivity index (χ2v) is 5.57. The van der Waals surface area contributed by atoms with Crippen LogP contribution in [0.2, 0.25) is 0 Å². The van der Waals surface area contributed by atoms with Gasteiger partial charge in [-0.2, -0.15) is 0 Å². The van der Waals surface area contributed by atoms with E-state index >= 15 is 0 Å². The lowest BCUT2D eigenvalue weighted by Gasteiger charge is -2.09. The van der Waals surface area contributed by atoms with Gasteiger partial charge in [-0.1, -0.05) is 12.1 Å². The van der Waals surface area contributed by atoms with E-state index in [1.807, 2.05) is 30.5 Å². The summed E-state index contributed by atoms with van der Waals surface area (Å²) < 4.78 is 16.7. The number of hydrogen-bond donors (Lipinski definition) is 0. The van der Waals surface area contributed by atoms with Gasteiger partial charge in [-0.25, -0.2) is 0 Å². The van der Waals surface area contributed by atoms with Gasteiger partial charge in [-0.05, 0) is 30.5 Å². The molecule has 22 heavy (non-hydrogen) atoms. The van der Waals surface area contributed by atoms with E-state index in [0.717, 1.165) is 4.88 Å². The molecule has 0 amide bonds. The molecular weight excluding hydrogens is 300 g/mol. The Morgan fingerprint density at radius 1 is 1.18 bits per heavy atom. The molecule has 0 saturated carbocycles. The molecule has 0 aliphatic rings. The molecule has 5 heteroatoms. The van der Waals surface area contributed by atoms with Crippen molar-refractivity contribution in [3.05, 3.63) is 52.0 Å². The molecule has 114 valence electrons. The van der Waals surface area contributed by atoms with Gasteiger partial charge in [0.05, 0.1) is 11.5 Å². The van der Waals surface area contributed by atoms with Crippen molar-refractivity contribution < 1.29 is 13.9 Å². The van der Waals surface area contributed by atoms with Crippen LogP contribution in [-0.4, -0.2) is 19.8 Å². The number of hydrogen-bond acceptors (Lipinski definition) is 5. The number of fused-ring (bicyclic) bond motifs is 1. The van der Waals surface area contributed by atoms with E-state index in [1.165, 1.54) is 17.4 Å². The van der Waals surface area contributed by atoms with Crippen LogP contribution in [0.15, 0.2) is 51.0 Å². The quantitative estimate of drug-likeness (QED) is 0.646. The van der Waals surface area contributed by atoms with Crippen LogP contribution < -0.4 is 10.2 Å². The molecule has 0 radical (unpaired) electrons. The first kappa shape index (κ1) is 14.8. The van der Waals surface area contributed by atoms with Crippen LogP contribution in [0.1, 0.15) is 6.92 Å². The number of thiophene rings is 1. The first-order chi connectivity index (χ1) is 10.8. The maximum atomic E-state index is 12.4. The molecule has 3 rings (SSSR count). The number of rotatable bonds is 6. The van der Waals surface area contributed by atoms with Crippen LogP contribution in [-0.2, 0) is 4.74 Å². The molecule has 0 atom stereocenters. The lowest BCUT2D eigenvalue weighted by atomic mass is 10.2. The number of ether oxygens (including phenoxy) is 2. The molecule has 0 unspecified atom stereocenters. The molecule has 2 aromatic heterocycles. The topological polar surface area (TPSA) is 48.7 Å². The molecule has 0 aliphatic carbocycles. The van der Waals surface area contributed by atoms with Crippen molar-refractivity contribution in [1.82, 2.24) is 0 Å². The SMILES string of the molecule is CCOCCOc1cccc2oc(-c3cccs3)cc(=O)c12. The van der Waals surface area contributed by atoms with Gasteiger partial charge in [0, 0.05) is 12.7 Å². The first-order valence-corrected chi connectivity index (χ1v) is 7.99. The van der Waals surface area contributed by atoms with Gasteiger partial charge < -0.3 is 13.9 Å². The van der Waals surface area contributed by atoms with E-state index < -0.39 is 0 Å². The van der Waals surface area contributed by atoms with E-state index in [4.69, 9.17) is 13.9 Å². The van der Waals surface area contributed by atoms with Crippen molar-refractivity contribution in [1.29, 1.82) is 0 Å². The van der Waals surface area contributed by atoms with Crippen LogP contribution in [0.5, 0.6) is 5.75 Å². The summed E-state index contributed by atoms with van der Waals surface area (Å²) in [5.74, 6) is 1.11. The lowest BCUT2D eigenvalue weighted by molar-refractivity contribution is 0.110. The number of benzene rings is 1. The summed E-state index contributed by atoms with van der Waals surface area (Å²) in [6.07, 6.45) is 0. The van der Waals surface area contributed by atoms with E-state index in [-0.39, 0.29) is 5.43 Å². The van der Waals surface area contributed by atoms with Gasteiger partial charge in [-0.3, -0.25) is 4.79 Å². The molecule has 1 aromatic carbocycles. The summed E-state index contributed by atoms with van der Waals surface area (Å²) in [7, 11) is 0. The normalized spacial score (nSPS) is 11.0. The Hall–Kier alpha value is -2.11. The molecule has 0 N–H and O–H groups in total. The minimum absolute atomic E-state index is 0.100. The standard InChI is InChI=1S/C17H16O4S/c1-2-19-8-9-20-13-5-3-6-14-17(13)12(18)11-15(21-14)16-7-4-10-22-16/h3-7,10-11H,2,8-9H2,1H3. The fourth-order valence-corrected chi connectivity index (χ4v) is 2.87. The summed E-state index contributed by atoms with van der Waals surface area (Å²) in [5, 5.41) is 2.42. The Kier molecular flexibility index (Phi) is 4.56. The average Bonchev–Trinajstić information content (AvgIpc) is 3.05. The zero-order valence-corrected chi connectivity index (χ0v) is 13.0. The zero-order valence-electron chi connectivity index (χ0n) is 12.2. The summed E-state index contributed by atoms with van der Waals surface area (Å²) in [5.41, 5.74) is 0.432. The van der Waals surface area contributed by atoms with Crippen molar-refractivity contribution in [2.24, 2.45) is 0 Å². The molecular formula is C17H16O4S. The van der Waals surface area contributed by atoms with Gasteiger partial charge in [-0.15, -0.1) is 11.3 Å². The molecule has 0 fully saturated rings. The van der Waals surface area contributed by atoms with Crippen LogP contribution in [0, 0.1) is 0 Å². The van der Waals surface area contributed by atoms with Gasteiger partial charge in [0.15, 0.2) is 5.43 Å². The molecule has 3 aromatic rings. The van der Waals surface area contributed by atoms with E-state index in [0.29, 0.717) is 42.3 Å². The molecule has 0 aliphatic heterocycles. The summed E-state index contributed by atoms with van der Waals surface area (Å²) >= 11 is 1.54. The van der Waals surface area contributed by atoms with E-state index in [1.54, 1.807) is 12.1 Å². The zero-order chi connectivity index (χ0) is 15.4. The highest BCUT2D eigenvalue weighted by Gasteiger charge is 2.11. The van der Waals surface area contributed by atoms with Crippen molar-refractivity contribution >= 4 is 22.3 Å². The van der Waals surface area contributed by atoms with Crippen LogP contribution in [0.4, 0.5) is 0 Å². The fourth-order valence-electron chi connectivity index (χ4n) is 2.19. The predicted octanol–water partition coefficient (Wildman–Crippen LogP) is 3.94. The maximum Gasteiger partial charge on any atom is 0.197 e. The molecule has 0 bridgehead atoms. The van der Waals surface area contributed by atoms with E-state index in [2.05, 4.69) is 0 Å². The maximum absolute atomic E-state index is 12.4. The van der Waals surface area contributed by atoms with Crippen molar-refractivity contribution in [3.63, 3.8) is 0 Å². The van der Waals surface area contributed by atoms with Gasteiger partial charge in [0.1, 0.15) is 29.1 Å². The van der Waals surface area contributed by atoms with Crippen molar-refractivity contribution in [2.75, 3.05) is 19.8 Å². The highest BCUT2D eigenvalue weighted by Crippen LogP contribution is 2.29. The first-order valence-electron chi connectivity index (χ1n) is 7.11. The van der Waals surface area contributed by atoms with E-state index in [9.17, 15) is 4.79 Å². The molecule has 0 saturated heterocycles. The van der Waals surface area contributed by atoms with Gasteiger partial charge in [0.25, 0.3) is 0 Å². The van der Waals surface area contributed by atoms with Crippen LogP contribution in [0.25, 0.3) is 21.6 Å². The summed E-state index contributed by atoms with van der Waals surface area (Å²) in [4.78, 5) is 13.4. The third-order valence-corrected chi connectivity index (χ3v) is 4.05. The fraction of sp³-hybridized carbons (Fsp3) is 0.235. The molecule has 4 nitrogen and oxygen atoms in total. The molecule has 2 heterocycles. The minimum atomic E-state index is -0.100. The Bertz CT molecular complexity index is 805. The van der Waals surface area contributed by atoms with Crippen LogP contribution in [0.3, 0.4) is 0 Å². The lowest BCUT2D eigenvalue weighted by Crippen LogP contribution is -2.09. The summed E-state index contributed by atoms with van der Waals surface area (Å²) in [6.45, 7) is 3.47. The van der Waals surface area contributed by atoms with Crippen molar-refractivity contribution in [3.8, 4) is 16.4 Å². The monoisotopic (exact) mass is 316 g/mol. The largest absolute Gasteiger partial charge is 0.490 e. The second kappa shape index (κ2) is 6.77. The highest BCUT2D eigenvalue weighted by atomic mass is 32.1. The third-order valence-electron chi connectivity index (χ3n) is 3.17. The third kappa shape index (κ3) is 3.05. The predicted molar refractivity (Wildman–Crippen MR) is 87.8 cm³/mol. The van der Waals surface area contributed by atoms with Crippen LogP contribution >= 0.6 is 11.3 Å². The minimum Gasteiger partial charge on any atom is -0.490 e. The van der Waals surface area contributed by atoms with Gasteiger partial charge >= 0.3 is 0 Å². The summed E-state index contributed by atoms with van der Waals surface area (Å²) in [6, 6.07) is 10.7. The smallest absolute Gasteiger partial charge is 0.197 e.